The van der Waals surface area contributed by atoms with Gasteiger partial charge in [0.25, 0.3) is 0 Å². The van der Waals surface area contributed by atoms with Crippen LogP contribution in [0.4, 0.5) is 5.82 Å². The van der Waals surface area contributed by atoms with Gasteiger partial charge in [-0.2, -0.15) is 10.6 Å². The molecule has 33 heavy (non-hydrogen) atoms. The number of pyridine rings is 1. The van der Waals surface area contributed by atoms with Gasteiger partial charge < -0.3 is 9.47 Å². The maximum Gasteiger partial charge on any atom is 0.233 e. The van der Waals surface area contributed by atoms with Crippen LogP contribution in [-0.4, -0.2) is 37.5 Å². The predicted molar refractivity (Wildman–Crippen MR) is 129 cm³/mol. The van der Waals surface area contributed by atoms with Gasteiger partial charge in [-0.05, 0) is 52.4 Å². The van der Waals surface area contributed by atoms with Gasteiger partial charge in [-0.1, -0.05) is 29.8 Å². The summed E-state index contributed by atoms with van der Waals surface area (Å²) in [6, 6.07) is 15.2. The van der Waals surface area contributed by atoms with Gasteiger partial charge in [-0.3, -0.25) is 4.98 Å². The summed E-state index contributed by atoms with van der Waals surface area (Å²) in [5.74, 6) is 2.07. The Morgan fingerprint density at radius 3 is 2.45 bits per heavy atom. The van der Waals surface area contributed by atoms with Crippen LogP contribution in [0.2, 0.25) is 5.02 Å². The number of benzene rings is 2. The highest BCUT2D eigenvalue weighted by atomic mass is 35.5. The van der Waals surface area contributed by atoms with E-state index in [2.05, 4.69) is 33.2 Å². The number of hydrogen-bond donors (Lipinski definition) is 3. The highest BCUT2D eigenvalue weighted by molar-refractivity contribution is 7.74. The minimum atomic E-state index is -0.743. The Morgan fingerprint density at radius 1 is 1.00 bits per heavy atom. The van der Waals surface area contributed by atoms with Crippen LogP contribution in [0.1, 0.15) is 12.8 Å². The summed E-state index contributed by atoms with van der Waals surface area (Å²) in [6.07, 6.45) is 5.48. The number of thiol groups is 1. The Balaban J connectivity index is 1.30. The second-order valence-corrected chi connectivity index (χ2v) is 9.07. The van der Waals surface area contributed by atoms with Crippen LogP contribution in [0, 0.1) is 0 Å². The fourth-order valence-corrected chi connectivity index (χ4v) is 3.51. The first-order chi connectivity index (χ1) is 15.8. The van der Waals surface area contributed by atoms with E-state index in [1.54, 1.807) is 18.5 Å². The van der Waals surface area contributed by atoms with Crippen molar-refractivity contribution < 1.29 is 18.8 Å². The lowest BCUT2D eigenvalue weighted by atomic mass is 10.0. The van der Waals surface area contributed by atoms with Gasteiger partial charge in [0.2, 0.25) is 5.88 Å². The van der Waals surface area contributed by atoms with E-state index in [9.17, 15) is 5.21 Å². The van der Waals surface area contributed by atoms with E-state index in [-0.39, 0.29) is 6.10 Å². The van der Waals surface area contributed by atoms with Crippen LogP contribution in [-0.2, 0) is 0 Å². The molecule has 2 aromatic carbocycles. The van der Waals surface area contributed by atoms with Crippen molar-refractivity contribution in [3.8, 4) is 28.5 Å². The summed E-state index contributed by atoms with van der Waals surface area (Å²) >= 11 is 10.2. The molecule has 0 amide bonds. The molecule has 2 aromatic heterocycles. The Bertz CT molecular complexity index is 1310. The number of halogens is 1. The van der Waals surface area contributed by atoms with Crippen LogP contribution in [0.3, 0.4) is 0 Å². The molecule has 5 rings (SSSR count). The Kier molecular flexibility index (Phi) is 5.71. The molecular weight excluding hydrogens is 462 g/mol. The first-order valence-electron chi connectivity index (χ1n) is 10.3. The minimum Gasteiger partial charge on any atom is -0.473 e. The number of ether oxygens (including phenoxy) is 2. The molecule has 2 heterocycles. The SMILES string of the molecule is C[N+](O)(S)Nc1cnc2cc(-c3ccc(Oc4cnc(OC5CC5)c(Cl)c4)cc3)ccc2n1. The smallest absolute Gasteiger partial charge is 0.233 e. The zero-order valence-corrected chi connectivity index (χ0v) is 19.3. The van der Waals surface area contributed by atoms with Crippen LogP contribution < -0.4 is 14.9 Å². The molecule has 0 bridgehead atoms. The maximum atomic E-state index is 9.71. The highest BCUT2D eigenvalue weighted by Gasteiger charge is 2.25. The number of hydroxylamine groups is 1. The second-order valence-electron chi connectivity index (χ2n) is 7.89. The summed E-state index contributed by atoms with van der Waals surface area (Å²) in [7, 11) is 1.45. The molecule has 10 heteroatoms. The van der Waals surface area contributed by atoms with E-state index in [0.717, 1.165) is 29.5 Å². The number of nitrogens with zero attached hydrogens (tertiary/aromatic N) is 4. The lowest BCUT2D eigenvalue weighted by Gasteiger charge is -2.17. The van der Waals surface area contributed by atoms with Gasteiger partial charge in [0.15, 0.2) is 5.82 Å². The molecule has 8 nitrogen and oxygen atoms in total. The molecular formula is C23H21ClN5O3S+. The van der Waals surface area contributed by atoms with Crippen molar-refractivity contribution in [3.63, 3.8) is 0 Å². The molecule has 1 aliphatic carbocycles. The molecule has 1 atom stereocenters. The molecule has 1 unspecified atom stereocenters. The van der Waals surface area contributed by atoms with Crippen LogP contribution >= 0.6 is 24.4 Å². The lowest BCUT2D eigenvalue weighted by Crippen LogP contribution is -2.35. The van der Waals surface area contributed by atoms with Crippen molar-refractivity contribution in [2.75, 3.05) is 12.5 Å². The lowest BCUT2D eigenvalue weighted by molar-refractivity contribution is -0.955. The molecule has 1 saturated carbocycles. The monoisotopic (exact) mass is 482 g/mol. The van der Waals surface area contributed by atoms with Crippen LogP contribution in [0.15, 0.2) is 60.9 Å². The van der Waals surface area contributed by atoms with Gasteiger partial charge in [0.05, 0.1) is 23.4 Å². The Hall–Kier alpha value is -3.11. The molecule has 1 aliphatic rings. The maximum absolute atomic E-state index is 9.71. The predicted octanol–water partition coefficient (Wildman–Crippen LogP) is 5.69. The van der Waals surface area contributed by atoms with Crippen molar-refractivity contribution in [1.82, 2.24) is 15.0 Å². The van der Waals surface area contributed by atoms with Crippen molar-refractivity contribution in [2.24, 2.45) is 0 Å². The summed E-state index contributed by atoms with van der Waals surface area (Å²) in [5, 5.41) is 10.1. The topological polar surface area (TPSA) is 89.4 Å². The fourth-order valence-electron chi connectivity index (χ4n) is 3.21. The Labute approximate surface area is 200 Å². The van der Waals surface area contributed by atoms with Crippen LogP contribution in [0.25, 0.3) is 22.2 Å². The van der Waals surface area contributed by atoms with Crippen molar-refractivity contribution in [3.05, 3.63) is 65.9 Å². The zero-order valence-electron chi connectivity index (χ0n) is 17.6. The average Bonchev–Trinajstić information content (AvgIpc) is 3.59. The molecule has 4 aromatic rings. The zero-order chi connectivity index (χ0) is 23.0. The van der Waals surface area contributed by atoms with Gasteiger partial charge in [0, 0.05) is 6.07 Å². The standard InChI is InChI=1S/C23H21ClN5O3S/c1-29(30,33)28-22-13-25-21-10-15(4-9-20(21)27-22)14-2-5-16(6-3-14)31-18-11-19(24)23(26-12-18)32-17-7-8-17/h2-6,9-13,17,30,33H,7-8H2,1H3,(H,27,28)/q+1. The first-order valence-corrected chi connectivity index (χ1v) is 11.1. The van der Waals surface area contributed by atoms with Crippen molar-refractivity contribution in [1.29, 1.82) is 0 Å². The third kappa shape index (κ3) is 5.45. The quantitative estimate of drug-likeness (QED) is 0.177. The Morgan fingerprint density at radius 2 is 1.76 bits per heavy atom. The molecule has 0 saturated heterocycles. The number of fused-ring (bicyclic) bond motifs is 1. The number of anilines is 1. The second kappa shape index (κ2) is 8.68. The van der Waals surface area contributed by atoms with Gasteiger partial charge in [-0.25, -0.2) is 9.97 Å². The van der Waals surface area contributed by atoms with E-state index in [1.807, 2.05) is 42.5 Å². The third-order valence-corrected chi connectivity index (χ3v) is 5.25. The number of rotatable bonds is 7. The number of hydrogen-bond acceptors (Lipinski definition) is 8. The summed E-state index contributed by atoms with van der Waals surface area (Å²) in [4.78, 5) is 13.1. The van der Waals surface area contributed by atoms with Crippen molar-refractivity contribution >= 4 is 41.3 Å². The molecule has 0 spiro atoms. The minimum absolute atomic E-state index is 0.234. The third-order valence-electron chi connectivity index (χ3n) is 4.88. The van der Waals surface area contributed by atoms with E-state index in [0.29, 0.717) is 33.7 Å². The number of aromatic nitrogens is 3. The van der Waals surface area contributed by atoms with Crippen molar-refractivity contribution in [2.45, 2.75) is 18.9 Å². The largest absolute Gasteiger partial charge is 0.473 e. The average molecular weight is 483 g/mol. The van der Waals surface area contributed by atoms with E-state index in [1.165, 1.54) is 7.05 Å². The van der Waals surface area contributed by atoms with Crippen LogP contribution in [0.5, 0.6) is 17.4 Å². The van der Waals surface area contributed by atoms with Gasteiger partial charge >= 0.3 is 0 Å². The van der Waals surface area contributed by atoms with E-state index >= 15 is 0 Å². The van der Waals surface area contributed by atoms with Gasteiger partial charge in [0.1, 0.15) is 42.5 Å². The summed E-state index contributed by atoms with van der Waals surface area (Å²) in [6.45, 7) is 0. The molecule has 0 radical (unpaired) electrons. The normalized spacial score (nSPS) is 15.2. The van der Waals surface area contributed by atoms with Gasteiger partial charge in [-0.15, -0.1) is 0 Å². The molecule has 0 aliphatic heterocycles. The number of nitrogens with one attached hydrogen (secondary N) is 1. The summed E-state index contributed by atoms with van der Waals surface area (Å²) < 4.78 is 10.8. The number of quaternary nitrogens is 1. The molecule has 1 fully saturated rings. The van der Waals surface area contributed by atoms with E-state index < -0.39 is 4.16 Å². The first kappa shape index (κ1) is 21.7. The molecule has 2 N–H and O–H groups in total. The summed E-state index contributed by atoms with van der Waals surface area (Å²) in [5.41, 5.74) is 6.15. The van der Waals surface area contributed by atoms with E-state index in [4.69, 9.17) is 21.1 Å². The highest BCUT2D eigenvalue weighted by Crippen LogP contribution is 2.34. The molecule has 168 valence electrons. The fraction of sp³-hybridized carbons (Fsp3) is 0.174.